The van der Waals surface area contributed by atoms with Crippen LogP contribution in [0.15, 0.2) is 28.7 Å². The SMILES string of the molecule is OB(O)c1ccc(-c2nnc(CCC3CCCCC3)o2)cc1. The predicted octanol–water partition coefficient (Wildman–Crippen LogP) is 1.93. The smallest absolute Gasteiger partial charge is 0.423 e. The molecule has 5 nitrogen and oxygen atoms in total. The minimum absolute atomic E-state index is 0.445. The van der Waals surface area contributed by atoms with Crippen LogP contribution >= 0.6 is 0 Å². The summed E-state index contributed by atoms with van der Waals surface area (Å²) in [5, 5.41) is 26.4. The molecule has 1 heterocycles. The Morgan fingerprint density at radius 3 is 2.45 bits per heavy atom. The van der Waals surface area contributed by atoms with Crippen molar-refractivity contribution in [3.8, 4) is 11.5 Å². The summed E-state index contributed by atoms with van der Waals surface area (Å²) in [7, 11) is -1.46. The Bertz CT molecular complexity index is 592. The maximum atomic E-state index is 9.09. The number of rotatable bonds is 5. The van der Waals surface area contributed by atoms with Gasteiger partial charge in [-0.2, -0.15) is 0 Å². The Morgan fingerprint density at radius 2 is 1.77 bits per heavy atom. The summed E-state index contributed by atoms with van der Waals surface area (Å²) < 4.78 is 5.71. The lowest BCUT2D eigenvalue weighted by atomic mass is 9.80. The highest BCUT2D eigenvalue weighted by atomic mass is 16.4. The van der Waals surface area contributed by atoms with E-state index in [1.54, 1.807) is 24.3 Å². The third-order valence-corrected chi connectivity index (χ3v) is 4.41. The average Bonchev–Trinajstić information content (AvgIpc) is 3.03. The number of hydrogen-bond donors (Lipinski definition) is 2. The van der Waals surface area contributed by atoms with Gasteiger partial charge in [-0.3, -0.25) is 0 Å². The van der Waals surface area contributed by atoms with Crippen molar-refractivity contribution in [2.45, 2.75) is 44.9 Å². The molecule has 1 aliphatic carbocycles. The molecule has 116 valence electrons. The van der Waals surface area contributed by atoms with Crippen LogP contribution in [-0.2, 0) is 6.42 Å². The molecule has 0 saturated heterocycles. The van der Waals surface area contributed by atoms with Crippen molar-refractivity contribution in [3.05, 3.63) is 30.2 Å². The summed E-state index contributed by atoms with van der Waals surface area (Å²) >= 11 is 0. The van der Waals surface area contributed by atoms with E-state index in [2.05, 4.69) is 10.2 Å². The van der Waals surface area contributed by atoms with E-state index < -0.39 is 7.12 Å². The highest BCUT2D eigenvalue weighted by Gasteiger charge is 2.16. The Labute approximate surface area is 130 Å². The van der Waals surface area contributed by atoms with E-state index >= 15 is 0 Å². The third kappa shape index (κ3) is 3.75. The number of benzene rings is 1. The van der Waals surface area contributed by atoms with E-state index in [-0.39, 0.29) is 0 Å². The summed E-state index contributed by atoms with van der Waals surface area (Å²) in [4.78, 5) is 0. The van der Waals surface area contributed by atoms with Gasteiger partial charge in [-0.1, -0.05) is 44.2 Å². The van der Waals surface area contributed by atoms with E-state index in [9.17, 15) is 0 Å². The maximum absolute atomic E-state index is 9.09. The van der Waals surface area contributed by atoms with Gasteiger partial charge in [-0.05, 0) is 29.9 Å². The van der Waals surface area contributed by atoms with E-state index in [4.69, 9.17) is 14.5 Å². The summed E-state index contributed by atoms with van der Waals surface area (Å²) in [5.41, 5.74) is 1.24. The van der Waals surface area contributed by atoms with E-state index in [1.807, 2.05) is 0 Å². The minimum atomic E-state index is -1.46. The molecule has 1 saturated carbocycles. The lowest BCUT2D eigenvalue weighted by Crippen LogP contribution is -2.29. The van der Waals surface area contributed by atoms with Crippen LogP contribution in [-0.4, -0.2) is 27.4 Å². The first kappa shape index (κ1) is 15.2. The van der Waals surface area contributed by atoms with Crippen molar-refractivity contribution in [3.63, 3.8) is 0 Å². The number of aryl methyl sites for hydroxylation is 1. The molecule has 0 spiro atoms. The van der Waals surface area contributed by atoms with Gasteiger partial charge >= 0.3 is 7.12 Å². The van der Waals surface area contributed by atoms with Gasteiger partial charge in [0.15, 0.2) is 0 Å². The molecule has 0 atom stereocenters. The van der Waals surface area contributed by atoms with Crippen LogP contribution in [0.5, 0.6) is 0 Å². The monoisotopic (exact) mass is 300 g/mol. The number of aromatic nitrogens is 2. The molecule has 1 aromatic carbocycles. The van der Waals surface area contributed by atoms with Gasteiger partial charge in [0.05, 0.1) is 0 Å². The van der Waals surface area contributed by atoms with Gasteiger partial charge < -0.3 is 14.5 Å². The van der Waals surface area contributed by atoms with Gasteiger partial charge in [-0.15, -0.1) is 10.2 Å². The lowest BCUT2D eigenvalue weighted by Gasteiger charge is -2.20. The second-order valence-corrected chi connectivity index (χ2v) is 6.04. The largest absolute Gasteiger partial charge is 0.488 e. The van der Waals surface area contributed by atoms with Crippen LogP contribution in [0, 0.1) is 5.92 Å². The third-order valence-electron chi connectivity index (χ3n) is 4.41. The Kier molecular flexibility index (Phi) is 4.90. The average molecular weight is 300 g/mol. The second-order valence-electron chi connectivity index (χ2n) is 6.04. The molecule has 3 rings (SSSR count). The Balaban J connectivity index is 1.60. The molecular weight excluding hydrogens is 279 g/mol. The molecule has 0 aliphatic heterocycles. The first-order valence-corrected chi connectivity index (χ1v) is 8.01. The minimum Gasteiger partial charge on any atom is -0.423 e. The van der Waals surface area contributed by atoms with Crippen LogP contribution in [0.2, 0.25) is 0 Å². The van der Waals surface area contributed by atoms with Crippen molar-refractivity contribution in [2.24, 2.45) is 5.92 Å². The fraction of sp³-hybridized carbons (Fsp3) is 0.500. The summed E-state index contributed by atoms with van der Waals surface area (Å²) in [6.45, 7) is 0. The van der Waals surface area contributed by atoms with E-state index in [0.717, 1.165) is 24.3 Å². The zero-order valence-corrected chi connectivity index (χ0v) is 12.6. The molecule has 22 heavy (non-hydrogen) atoms. The van der Waals surface area contributed by atoms with Gasteiger partial charge in [0.25, 0.3) is 0 Å². The van der Waals surface area contributed by atoms with Crippen molar-refractivity contribution in [1.82, 2.24) is 10.2 Å². The first-order chi connectivity index (χ1) is 10.7. The lowest BCUT2D eigenvalue weighted by molar-refractivity contribution is 0.329. The molecule has 6 heteroatoms. The van der Waals surface area contributed by atoms with Crippen LogP contribution in [0.3, 0.4) is 0 Å². The van der Waals surface area contributed by atoms with E-state index in [0.29, 0.717) is 17.2 Å². The molecule has 2 aromatic rings. The van der Waals surface area contributed by atoms with Crippen LogP contribution in [0.1, 0.15) is 44.4 Å². The number of nitrogens with zero attached hydrogens (tertiary/aromatic N) is 2. The predicted molar refractivity (Wildman–Crippen MR) is 84.5 cm³/mol. The first-order valence-electron chi connectivity index (χ1n) is 8.01. The van der Waals surface area contributed by atoms with E-state index in [1.165, 1.54) is 32.1 Å². The highest BCUT2D eigenvalue weighted by Crippen LogP contribution is 2.27. The molecule has 2 N–H and O–H groups in total. The summed E-state index contributed by atoms with van der Waals surface area (Å²) in [6, 6.07) is 6.80. The molecular formula is C16H21BN2O3. The molecule has 0 amide bonds. The van der Waals surface area contributed by atoms with Crippen molar-refractivity contribution in [1.29, 1.82) is 0 Å². The topological polar surface area (TPSA) is 79.4 Å². The second kappa shape index (κ2) is 7.07. The van der Waals surface area contributed by atoms with Crippen molar-refractivity contribution < 1.29 is 14.5 Å². The van der Waals surface area contributed by atoms with Crippen LogP contribution in [0.4, 0.5) is 0 Å². The normalized spacial score (nSPS) is 15.9. The maximum Gasteiger partial charge on any atom is 0.488 e. The van der Waals surface area contributed by atoms with Gasteiger partial charge in [0.1, 0.15) is 0 Å². The molecule has 1 aromatic heterocycles. The van der Waals surface area contributed by atoms with Gasteiger partial charge in [0, 0.05) is 12.0 Å². The fourth-order valence-electron chi connectivity index (χ4n) is 3.07. The Hall–Kier alpha value is -1.66. The quantitative estimate of drug-likeness (QED) is 0.825. The molecule has 1 fully saturated rings. The zero-order chi connectivity index (χ0) is 15.4. The van der Waals surface area contributed by atoms with Gasteiger partial charge in [-0.25, -0.2) is 0 Å². The summed E-state index contributed by atoms with van der Waals surface area (Å²) in [6.07, 6.45) is 8.69. The highest BCUT2D eigenvalue weighted by molar-refractivity contribution is 6.58. The van der Waals surface area contributed by atoms with Crippen molar-refractivity contribution >= 4 is 12.6 Å². The van der Waals surface area contributed by atoms with Crippen LogP contribution in [0.25, 0.3) is 11.5 Å². The molecule has 0 bridgehead atoms. The fourth-order valence-corrected chi connectivity index (χ4v) is 3.07. The standard InChI is InChI=1S/C16H21BN2O3/c20-17(21)14-9-7-13(8-10-14)16-19-18-15(22-16)11-6-12-4-2-1-3-5-12/h7-10,12,20-21H,1-6,11H2. The number of hydrogen-bond acceptors (Lipinski definition) is 5. The molecule has 1 aliphatic rings. The zero-order valence-electron chi connectivity index (χ0n) is 12.6. The van der Waals surface area contributed by atoms with Crippen LogP contribution < -0.4 is 5.46 Å². The van der Waals surface area contributed by atoms with Gasteiger partial charge in [0.2, 0.25) is 11.8 Å². The summed E-state index contributed by atoms with van der Waals surface area (Å²) in [5.74, 6) is 1.97. The van der Waals surface area contributed by atoms with Crippen molar-refractivity contribution in [2.75, 3.05) is 0 Å². The Morgan fingerprint density at radius 1 is 1.05 bits per heavy atom. The molecule has 0 unspecified atom stereocenters. The molecule has 0 radical (unpaired) electrons.